The van der Waals surface area contributed by atoms with Gasteiger partial charge in [0, 0.05) is 24.5 Å². The highest BCUT2D eigenvalue weighted by Gasteiger charge is 2.15. The van der Waals surface area contributed by atoms with E-state index < -0.39 is 0 Å². The number of aryl methyl sites for hydroxylation is 2. The average molecular weight is 345 g/mol. The lowest BCUT2D eigenvalue weighted by Gasteiger charge is -2.19. The van der Waals surface area contributed by atoms with Crippen LogP contribution in [-0.4, -0.2) is 28.1 Å². The van der Waals surface area contributed by atoms with Gasteiger partial charge in [0.1, 0.15) is 5.75 Å². The Morgan fingerprint density at radius 3 is 2.96 bits per heavy atom. The second-order valence-electron chi connectivity index (χ2n) is 5.96. The highest BCUT2D eigenvalue weighted by Crippen LogP contribution is 2.19. The first kappa shape index (κ1) is 16.6. The standard InChI is InChI=1S/C18H21ClN4O/c1-13(2)24-16-6-3-5-14(11-16)7-8-15-12-17(22-21-15)23-10-4-9-20-18(23)19/h3-6,9,11-13H,7-8,10H2,1-2H3,(H,21,22). The Kier molecular flexibility index (Phi) is 5.20. The number of rotatable bonds is 6. The highest BCUT2D eigenvalue weighted by atomic mass is 35.5. The molecule has 0 spiro atoms. The molecule has 0 unspecified atom stereocenters. The number of H-pyrrole nitrogens is 1. The van der Waals surface area contributed by atoms with Crippen LogP contribution >= 0.6 is 11.6 Å². The van der Waals surface area contributed by atoms with Crippen LogP contribution in [0.1, 0.15) is 25.1 Å². The van der Waals surface area contributed by atoms with Crippen LogP contribution in [0.25, 0.3) is 0 Å². The molecule has 1 N–H and O–H groups in total. The first-order valence-corrected chi connectivity index (χ1v) is 8.45. The molecule has 1 aliphatic rings. The summed E-state index contributed by atoms with van der Waals surface area (Å²) in [5, 5.41) is 7.86. The molecule has 3 rings (SSSR count). The Morgan fingerprint density at radius 1 is 1.29 bits per heavy atom. The van der Waals surface area contributed by atoms with Crippen LogP contribution in [0.15, 0.2) is 47.6 Å². The fraction of sp³-hybridized carbons (Fsp3) is 0.333. The molecule has 2 aromatic rings. The summed E-state index contributed by atoms with van der Waals surface area (Å²) in [5.41, 5.74) is 2.31. The molecule has 0 saturated heterocycles. The van der Waals surface area contributed by atoms with E-state index in [1.807, 2.05) is 43.0 Å². The minimum Gasteiger partial charge on any atom is -0.491 e. The lowest BCUT2D eigenvalue weighted by atomic mass is 10.1. The van der Waals surface area contributed by atoms with Crippen molar-refractivity contribution >= 4 is 22.7 Å². The number of ether oxygens (including phenoxy) is 1. The van der Waals surface area contributed by atoms with Crippen molar-refractivity contribution in [3.63, 3.8) is 0 Å². The SMILES string of the molecule is CC(C)Oc1cccc(CCc2cc(N3CC=CN=C3Cl)n[nH]2)c1. The predicted octanol–water partition coefficient (Wildman–Crippen LogP) is 3.91. The second-order valence-corrected chi connectivity index (χ2v) is 6.30. The van der Waals surface area contributed by atoms with Crippen molar-refractivity contribution in [2.24, 2.45) is 4.99 Å². The number of aromatic amines is 1. The summed E-state index contributed by atoms with van der Waals surface area (Å²) in [5.74, 6) is 1.70. The molecule has 1 aliphatic heterocycles. The van der Waals surface area contributed by atoms with E-state index in [0.29, 0.717) is 11.8 Å². The second kappa shape index (κ2) is 7.53. The minimum atomic E-state index is 0.181. The van der Waals surface area contributed by atoms with Crippen molar-refractivity contribution in [3.05, 3.63) is 53.9 Å². The molecule has 126 valence electrons. The number of halogens is 1. The number of hydrogen-bond acceptors (Lipinski definition) is 4. The maximum atomic E-state index is 6.12. The van der Waals surface area contributed by atoms with E-state index >= 15 is 0 Å². The van der Waals surface area contributed by atoms with E-state index in [1.165, 1.54) is 5.56 Å². The summed E-state index contributed by atoms with van der Waals surface area (Å²) in [7, 11) is 0. The summed E-state index contributed by atoms with van der Waals surface area (Å²) >= 11 is 6.12. The molecule has 1 aromatic carbocycles. The van der Waals surface area contributed by atoms with E-state index in [4.69, 9.17) is 16.3 Å². The van der Waals surface area contributed by atoms with Gasteiger partial charge in [-0.3, -0.25) is 10.00 Å². The number of amidine groups is 1. The molecule has 0 aliphatic carbocycles. The molecule has 0 bridgehead atoms. The molecular formula is C18H21ClN4O. The van der Waals surface area contributed by atoms with Gasteiger partial charge in [-0.15, -0.1) is 0 Å². The minimum absolute atomic E-state index is 0.181. The average Bonchev–Trinajstić information content (AvgIpc) is 3.02. The fourth-order valence-electron chi connectivity index (χ4n) is 2.54. The van der Waals surface area contributed by atoms with Gasteiger partial charge in [0.05, 0.1) is 6.10 Å². The predicted molar refractivity (Wildman–Crippen MR) is 98.0 cm³/mol. The van der Waals surface area contributed by atoms with Gasteiger partial charge < -0.3 is 4.74 Å². The van der Waals surface area contributed by atoms with E-state index in [9.17, 15) is 0 Å². The van der Waals surface area contributed by atoms with Gasteiger partial charge >= 0.3 is 0 Å². The topological polar surface area (TPSA) is 53.5 Å². The molecule has 6 heteroatoms. The van der Waals surface area contributed by atoms with Gasteiger partial charge in [-0.2, -0.15) is 5.10 Å². The largest absolute Gasteiger partial charge is 0.491 e. The lowest BCUT2D eigenvalue weighted by molar-refractivity contribution is 0.242. The van der Waals surface area contributed by atoms with Crippen LogP contribution in [0.5, 0.6) is 5.75 Å². The molecule has 0 atom stereocenters. The van der Waals surface area contributed by atoms with Crippen LogP contribution in [0, 0.1) is 0 Å². The van der Waals surface area contributed by atoms with Gasteiger partial charge in [0.15, 0.2) is 5.82 Å². The van der Waals surface area contributed by atoms with E-state index in [2.05, 4.69) is 27.3 Å². The van der Waals surface area contributed by atoms with Crippen molar-refractivity contribution in [1.82, 2.24) is 10.2 Å². The summed E-state index contributed by atoms with van der Waals surface area (Å²) < 4.78 is 5.74. The van der Waals surface area contributed by atoms with E-state index in [1.54, 1.807) is 6.20 Å². The Labute approximate surface area is 147 Å². The zero-order chi connectivity index (χ0) is 16.9. The van der Waals surface area contributed by atoms with Crippen molar-refractivity contribution in [3.8, 4) is 5.75 Å². The zero-order valence-electron chi connectivity index (χ0n) is 13.9. The molecule has 2 heterocycles. The van der Waals surface area contributed by atoms with Crippen LogP contribution < -0.4 is 9.64 Å². The molecule has 1 aromatic heterocycles. The molecule has 0 amide bonds. The fourth-order valence-corrected chi connectivity index (χ4v) is 2.75. The first-order chi connectivity index (χ1) is 11.6. The van der Waals surface area contributed by atoms with Crippen molar-refractivity contribution in [2.45, 2.75) is 32.8 Å². The number of nitrogens with one attached hydrogen (secondary N) is 1. The molecular weight excluding hydrogens is 324 g/mol. The van der Waals surface area contributed by atoms with Crippen LogP contribution in [-0.2, 0) is 12.8 Å². The Hall–Kier alpha value is -2.27. The molecule has 0 fully saturated rings. The smallest absolute Gasteiger partial charge is 0.204 e. The number of hydrogen-bond donors (Lipinski definition) is 1. The van der Waals surface area contributed by atoms with Gasteiger partial charge in [-0.05, 0) is 62.1 Å². The van der Waals surface area contributed by atoms with Crippen molar-refractivity contribution in [2.75, 3.05) is 11.4 Å². The zero-order valence-corrected chi connectivity index (χ0v) is 14.6. The molecule has 5 nitrogen and oxygen atoms in total. The summed E-state index contributed by atoms with van der Waals surface area (Å²) in [6.45, 7) is 4.74. The van der Waals surface area contributed by atoms with E-state index in [-0.39, 0.29) is 6.10 Å². The number of benzene rings is 1. The highest BCUT2D eigenvalue weighted by molar-refractivity contribution is 6.68. The van der Waals surface area contributed by atoms with Crippen molar-refractivity contribution < 1.29 is 4.74 Å². The normalized spacial score (nSPS) is 14.2. The van der Waals surface area contributed by atoms with Crippen molar-refractivity contribution in [1.29, 1.82) is 0 Å². The Morgan fingerprint density at radius 2 is 2.17 bits per heavy atom. The van der Waals surface area contributed by atoms with Gasteiger partial charge in [-0.25, -0.2) is 4.99 Å². The number of aromatic nitrogens is 2. The van der Waals surface area contributed by atoms with Crippen LogP contribution in [0.2, 0.25) is 0 Å². The number of nitrogens with zero attached hydrogens (tertiary/aromatic N) is 3. The van der Waals surface area contributed by atoms with Crippen LogP contribution in [0.3, 0.4) is 0 Å². The molecule has 24 heavy (non-hydrogen) atoms. The van der Waals surface area contributed by atoms with Gasteiger partial charge in [-0.1, -0.05) is 12.1 Å². The maximum Gasteiger partial charge on any atom is 0.204 e. The molecule has 0 radical (unpaired) electrons. The third-order valence-corrected chi connectivity index (χ3v) is 3.95. The third kappa shape index (κ3) is 4.17. The number of aliphatic imine (C=N–C) groups is 1. The first-order valence-electron chi connectivity index (χ1n) is 8.07. The molecule has 0 saturated carbocycles. The quantitative estimate of drug-likeness (QED) is 0.808. The summed E-state index contributed by atoms with van der Waals surface area (Å²) in [6, 6.07) is 10.2. The Balaban J connectivity index is 1.61. The summed E-state index contributed by atoms with van der Waals surface area (Å²) in [6.07, 6.45) is 5.62. The third-order valence-electron chi connectivity index (χ3n) is 3.64. The number of anilines is 1. The maximum absolute atomic E-state index is 6.12. The Bertz CT molecular complexity index is 751. The monoisotopic (exact) mass is 344 g/mol. The van der Waals surface area contributed by atoms with Crippen LogP contribution in [0.4, 0.5) is 5.82 Å². The summed E-state index contributed by atoms with van der Waals surface area (Å²) in [4.78, 5) is 5.94. The van der Waals surface area contributed by atoms with Gasteiger partial charge in [0.2, 0.25) is 5.29 Å². The van der Waals surface area contributed by atoms with Gasteiger partial charge in [0.25, 0.3) is 0 Å². The van der Waals surface area contributed by atoms with E-state index in [0.717, 1.165) is 30.1 Å². The lowest BCUT2D eigenvalue weighted by Crippen LogP contribution is -2.29.